The van der Waals surface area contributed by atoms with E-state index in [1.807, 2.05) is 5.32 Å². The van der Waals surface area contributed by atoms with Crippen LogP contribution in [0.3, 0.4) is 0 Å². The maximum atomic E-state index is 11.8. The van der Waals surface area contributed by atoms with Crippen LogP contribution in [0, 0.1) is 0 Å². The summed E-state index contributed by atoms with van der Waals surface area (Å²) in [6, 6.07) is 1.96. The van der Waals surface area contributed by atoms with Crippen molar-refractivity contribution in [1.29, 1.82) is 0 Å². The molecule has 3 N–H and O–H groups in total. The predicted molar refractivity (Wildman–Crippen MR) is 73.6 cm³/mol. The standard InChI is InChI=1S/C10H14N4O4S2/c1-14(2)20(17,18)7-3-4-9(12-5-7)19-6-8(15)13-10(11)16/h3-5H,6H2,1-2H3,(H3,11,13,15,16). The molecule has 8 nitrogen and oxygen atoms in total. The molecule has 1 rings (SSSR count). The van der Waals surface area contributed by atoms with Gasteiger partial charge in [0, 0.05) is 20.3 Å². The van der Waals surface area contributed by atoms with Crippen molar-refractivity contribution in [3.63, 3.8) is 0 Å². The lowest BCUT2D eigenvalue weighted by atomic mass is 10.5. The minimum absolute atomic E-state index is 0.0459. The first-order chi connectivity index (χ1) is 9.23. The summed E-state index contributed by atoms with van der Waals surface area (Å²) in [5, 5.41) is 2.37. The highest BCUT2D eigenvalue weighted by Gasteiger charge is 2.17. The molecule has 0 bridgehead atoms. The molecule has 0 radical (unpaired) electrons. The molecule has 0 atom stereocenters. The Hall–Kier alpha value is -1.65. The van der Waals surface area contributed by atoms with Gasteiger partial charge in [-0.3, -0.25) is 10.1 Å². The molecule has 0 fully saturated rings. The summed E-state index contributed by atoms with van der Waals surface area (Å²) in [4.78, 5) is 25.6. The van der Waals surface area contributed by atoms with E-state index in [-0.39, 0.29) is 10.6 Å². The summed E-state index contributed by atoms with van der Waals surface area (Å²) >= 11 is 1.06. The van der Waals surface area contributed by atoms with Crippen LogP contribution in [0.2, 0.25) is 0 Å². The number of pyridine rings is 1. The molecule has 0 saturated carbocycles. The van der Waals surface area contributed by atoms with Crippen LogP contribution in [0.15, 0.2) is 28.3 Å². The maximum Gasteiger partial charge on any atom is 0.318 e. The topological polar surface area (TPSA) is 122 Å². The minimum Gasteiger partial charge on any atom is -0.351 e. The second kappa shape index (κ2) is 6.68. The van der Waals surface area contributed by atoms with Gasteiger partial charge in [0.25, 0.3) is 0 Å². The van der Waals surface area contributed by atoms with Crippen molar-refractivity contribution in [2.75, 3.05) is 19.8 Å². The Kier molecular flexibility index (Phi) is 5.48. The molecule has 20 heavy (non-hydrogen) atoms. The Labute approximate surface area is 120 Å². The van der Waals surface area contributed by atoms with Crippen molar-refractivity contribution in [2.24, 2.45) is 5.73 Å². The first kappa shape index (κ1) is 16.4. The van der Waals surface area contributed by atoms with Gasteiger partial charge in [0.2, 0.25) is 15.9 Å². The monoisotopic (exact) mass is 318 g/mol. The van der Waals surface area contributed by atoms with E-state index in [1.54, 1.807) is 0 Å². The van der Waals surface area contributed by atoms with E-state index in [0.717, 1.165) is 16.1 Å². The lowest BCUT2D eigenvalue weighted by Gasteiger charge is -2.10. The molecule has 110 valence electrons. The van der Waals surface area contributed by atoms with Crippen LogP contribution < -0.4 is 11.1 Å². The molecule has 0 unspecified atom stereocenters. The fourth-order valence-electron chi connectivity index (χ4n) is 1.13. The summed E-state index contributed by atoms with van der Waals surface area (Å²) in [5.74, 6) is -0.593. The van der Waals surface area contributed by atoms with Gasteiger partial charge in [-0.1, -0.05) is 11.8 Å². The van der Waals surface area contributed by atoms with Gasteiger partial charge in [-0.05, 0) is 12.1 Å². The van der Waals surface area contributed by atoms with Crippen molar-refractivity contribution < 1.29 is 18.0 Å². The number of carbonyl (C=O) groups is 2. The Morgan fingerprint density at radius 2 is 2.05 bits per heavy atom. The minimum atomic E-state index is -3.52. The fraction of sp³-hybridized carbons (Fsp3) is 0.300. The highest BCUT2D eigenvalue weighted by atomic mass is 32.2. The van der Waals surface area contributed by atoms with Crippen molar-refractivity contribution in [3.05, 3.63) is 18.3 Å². The Morgan fingerprint density at radius 1 is 1.40 bits per heavy atom. The Bertz CT molecular complexity index is 598. The molecule has 0 aliphatic heterocycles. The number of nitrogens with one attached hydrogen (secondary N) is 1. The molecule has 0 spiro atoms. The van der Waals surface area contributed by atoms with E-state index < -0.39 is 22.0 Å². The van der Waals surface area contributed by atoms with E-state index in [0.29, 0.717) is 5.03 Å². The zero-order valence-corrected chi connectivity index (χ0v) is 12.5. The summed E-state index contributed by atoms with van der Waals surface area (Å²) < 4.78 is 24.7. The maximum absolute atomic E-state index is 11.8. The van der Waals surface area contributed by atoms with E-state index in [4.69, 9.17) is 5.73 Å². The van der Waals surface area contributed by atoms with Crippen molar-refractivity contribution in [3.8, 4) is 0 Å². The third kappa shape index (κ3) is 4.47. The van der Waals surface area contributed by atoms with Gasteiger partial charge in [0.15, 0.2) is 0 Å². The van der Waals surface area contributed by atoms with Gasteiger partial charge in [-0.15, -0.1) is 0 Å². The molecule has 10 heteroatoms. The number of thioether (sulfide) groups is 1. The van der Waals surface area contributed by atoms with E-state index in [2.05, 4.69) is 4.98 Å². The second-order valence-electron chi connectivity index (χ2n) is 3.82. The SMILES string of the molecule is CN(C)S(=O)(=O)c1ccc(SCC(=O)NC(N)=O)nc1. The number of rotatable bonds is 5. The summed E-state index contributed by atoms with van der Waals surface area (Å²) in [7, 11) is -0.674. The molecule has 1 aromatic heterocycles. The summed E-state index contributed by atoms with van der Waals surface area (Å²) in [6.07, 6.45) is 1.21. The highest BCUT2D eigenvalue weighted by Crippen LogP contribution is 2.18. The zero-order valence-electron chi connectivity index (χ0n) is 10.9. The van der Waals surface area contributed by atoms with Crippen molar-refractivity contribution in [1.82, 2.24) is 14.6 Å². The molecule has 0 aliphatic carbocycles. The Morgan fingerprint density at radius 3 is 2.50 bits per heavy atom. The number of hydrogen-bond acceptors (Lipinski definition) is 6. The average molecular weight is 318 g/mol. The fourth-order valence-corrected chi connectivity index (χ4v) is 2.62. The van der Waals surface area contributed by atoms with Crippen LogP contribution in [0.25, 0.3) is 0 Å². The molecule has 0 aliphatic rings. The zero-order chi connectivity index (χ0) is 15.3. The van der Waals surface area contributed by atoms with Crippen LogP contribution in [0.1, 0.15) is 0 Å². The number of carbonyl (C=O) groups excluding carboxylic acids is 2. The van der Waals surface area contributed by atoms with Crippen LogP contribution in [-0.4, -0.2) is 49.5 Å². The number of primary amides is 1. The third-order valence-electron chi connectivity index (χ3n) is 2.10. The third-order valence-corrected chi connectivity index (χ3v) is 4.84. The largest absolute Gasteiger partial charge is 0.351 e. The van der Waals surface area contributed by atoms with Crippen LogP contribution >= 0.6 is 11.8 Å². The van der Waals surface area contributed by atoms with Gasteiger partial charge in [-0.2, -0.15) is 0 Å². The van der Waals surface area contributed by atoms with Crippen LogP contribution in [0.4, 0.5) is 4.79 Å². The molecule has 1 heterocycles. The predicted octanol–water partition coefficient (Wildman–Crippen LogP) is -0.381. The number of imide groups is 1. The number of aromatic nitrogens is 1. The number of nitrogens with zero attached hydrogens (tertiary/aromatic N) is 2. The van der Waals surface area contributed by atoms with Gasteiger partial charge in [-0.25, -0.2) is 22.5 Å². The van der Waals surface area contributed by atoms with Crippen LogP contribution in [0.5, 0.6) is 0 Å². The number of nitrogens with two attached hydrogens (primary N) is 1. The van der Waals surface area contributed by atoms with Gasteiger partial charge >= 0.3 is 6.03 Å². The smallest absolute Gasteiger partial charge is 0.318 e. The number of amides is 3. The first-order valence-corrected chi connectivity index (χ1v) is 7.76. The van der Waals surface area contributed by atoms with E-state index in [9.17, 15) is 18.0 Å². The van der Waals surface area contributed by atoms with Gasteiger partial charge in [0.05, 0.1) is 10.8 Å². The molecular formula is C10H14N4O4S2. The van der Waals surface area contributed by atoms with E-state index >= 15 is 0 Å². The molecule has 1 aromatic rings. The highest BCUT2D eigenvalue weighted by molar-refractivity contribution is 7.99. The summed E-state index contributed by atoms with van der Waals surface area (Å²) in [5.41, 5.74) is 4.79. The molecule has 0 aromatic carbocycles. The Balaban J connectivity index is 2.69. The lowest BCUT2D eigenvalue weighted by Crippen LogP contribution is -2.36. The molecule has 0 saturated heterocycles. The lowest BCUT2D eigenvalue weighted by molar-refractivity contribution is -0.117. The molecule has 3 amide bonds. The number of hydrogen-bond donors (Lipinski definition) is 2. The quantitative estimate of drug-likeness (QED) is 0.713. The molecular weight excluding hydrogens is 304 g/mol. The average Bonchev–Trinajstić information content (AvgIpc) is 2.36. The van der Waals surface area contributed by atoms with Gasteiger partial charge < -0.3 is 5.73 Å². The normalized spacial score (nSPS) is 11.3. The van der Waals surface area contributed by atoms with Crippen molar-refractivity contribution in [2.45, 2.75) is 9.92 Å². The first-order valence-electron chi connectivity index (χ1n) is 5.34. The summed E-state index contributed by atoms with van der Waals surface area (Å²) in [6.45, 7) is 0. The van der Waals surface area contributed by atoms with E-state index in [1.165, 1.54) is 32.4 Å². The van der Waals surface area contributed by atoms with Crippen LogP contribution in [-0.2, 0) is 14.8 Å². The van der Waals surface area contributed by atoms with Crippen molar-refractivity contribution >= 4 is 33.7 Å². The van der Waals surface area contributed by atoms with Gasteiger partial charge in [0.1, 0.15) is 4.90 Å². The number of sulfonamides is 1. The second-order valence-corrected chi connectivity index (χ2v) is 6.97. The number of urea groups is 1.